The number of likely N-dealkylation sites (N-methyl/N-ethyl adjacent to an activating group) is 1. The molecule has 0 aromatic heterocycles. The van der Waals surface area contributed by atoms with Crippen molar-refractivity contribution in [2.45, 2.75) is 70.4 Å². The van der Waals surface area contributed by atoms with Crippen molar-refractivity contribution in [3.63, 3.8) is 0 Å². The summed E-state index contributed by atoms with van der Waals surface area (Å²) >= 11 is 0. The first-order chi connectivity index (χ1) is 12.1. The van der Waals surface area contributed by atoms with E-state index in [0.29, 0.717) is 6.04 Å². The SMILES string of the molecule is CCCCNC(=NCC(=O)N(C)C)NC1CCN(C2CCCC2)CC1. The minimum absolute atomic E-state index is 0.0349. The predicted octanol–water partition coefficient (Wildman–Crippen LogP) is 1.82. The maximum absolute atomic E-state index is 11.8. The van der Waals surface area contributed by atoms with E-state index in [1.807, 2.05) is 0 Å². The van der Waals surface area contributed by atoms with Gasteiger partial charge in [-0.05, 0) is 32.1 Å². The fourth-order valence-corrected chi connectivity index (χ4v) is 3.70. The maximum atomic E-state index is 11.8. The number of likely N-dealkylation sites (tertiary alicyclic amines) is 1. The Kier molecular flexibility index (Phi) is 8.52. The Morgan fingerprint density at radius 2 is 1.84 bits per heavy atom. The molecule has 6 heteroatoms. The highest BCUT2D eigenvalue weighted by molar-refractivity contribution is 5.84. The number of nitrogens with one attached hydrogen (secondary N) is 2. The van der Waals surface area contributed by atoms with Crippen molar-refractivity contribution in [3.05, 3.63) is 0 Å². The van der Waals surface area contributed by atoms with Crippen LogP contribution in [0.3, 0.4) is 0 Å². The molecule has 0 unspecified atom stereocenters. The molecule has 1 saturated heterocycles. The molecule has 0 aromatic carbocycles. The minimum Gasteiger partial charge on any atom is -0.356 e. The molecule has 0 atom stereocenters. The number of nitrogens with zero attached hydrogens (tertiary/aromatic N) is 3. The van der Waals surface area contributed by atoms with E-state index in [4.69, 9.17) is 0 Å². The number of guanidine groups is 1. The monoisotopic (exact) mass is 351 g/mol. The Morgan fingerprint density at radius 1 is 1.16 bits per heavy atom. The highest BCUT2D eigenvalue weighted by atomic mass is 16.2. The van der Waals surface area contributed by atoms with Gasteiger partial charge in [0.2, 0.25) is 5.91 Å². The molecule has 2 rings (SSSR count). The Labute approximate surface area is 153 Å². The number of rotatable bonds is 7. The third-order valence-electron chi connectivity index (χ3n) is 5.41. The Bertz CT molecular complexity index is 424. The van der Waals surface area contributed by atoms with Gasteiger partial charge in [-0.2, -0.15) is 0 Å². The summed E-state index contributed by atoms with van der Waals surface area (Å²) in [6.07, 6.45) is 10.2. The lowest BCUT2D eigenvalue weighted by Crippen LogP contribution is -2.50. The third kappa shape index (κ3) is 6.84. The molecular formula is C19H37N5O. The number of carbonyl (C=O) groups excluding carboxylic acids is 1. The molecule has 2 aliphatic rings. The Hall–Kier alpha value is -1.30. The van der Waals surface area contributed by atoms with Crippen LogP contribution in [0.5, 0.6) is 0 Å². The zero-order valence-corrected chi connectivity index (χ0v) is 16.4. The summed E-state index contributed by atoms with van der Waals surface area (Å²) in [7, 11) is 3.54. The van der Waals surface area contributed by atoms with Crippen molar-refractivity contribution >= 4 is 11.9 Å². The number of unbranched alkanes of at least 4 members (excludes halogenated alkanes) is 1. The van der Waals surface area contributed by atoms with Crippen molar-refractivity contribution in [2.75, 3.05) is 40.3 Å². The summed E-state index contributed by atoms with van der Waals surface area (Å²) in [6.45, 7) is 5.65. The van der Waals surface area contributed by atoms with Gasteiger partial charge in [0.05, 0.1) is 0 Å². The van der Waals surface area contributed by atoms with Gasteiger partial charge in [0.1, 0.15) is 6.54 Å². The third-order valence-corrected chi connectivity index (χ3v) is 5.41. The van der Waals surface area contributed by atoms with Gasteiger partial charge in [0.25, 0.3) is 0 Å². The summed E-state index contributed by atoms with van der Waals surface area (Å²) in [5, 5.41) is 6.94. The molecule has 0 aromatic rings. The second kappa shape index (κ2) is 10.6. The zero-order chi connectivity index (χ0) is 18.1. The van der Waals surface area contributed by atoms with Crippen LogP contribution in [-0.2, 0) is 4.79 Å². The normalized spacial score (nSPS) is 20.7. The number of amides is 1. The molecular weight excluding hydrogens is 314 g/mol. The van der Waals surface area contributed by atoms with Gasteiger partial charge in [0.15, 0.2) is 5.96 Å². The van der Waals surface area contributed by atoms with E-state index in [1.165, 1.54) is 38.8 Å². The van der Waals surface area contributed by atoms with E-state index in [0.717, 1.165) is 44.2 Å². The topological polar surface area (TPSA) is 60.0 Å². The molecule has 0 spiro atoms. The molecule has 2 fully saturated rings. The number of piperidine rings is 1. The summed E-state index contributed by atoms with van der Waals surface area (Å²) in [5.74, 6) is 0.829. The lowest BCUT2D eigenvalue weighted by atomic mass is 10.0. The van der Waals surface area contributed by atoms with E-state index in [1.54, 1.807) is 19.0 Å². The van der Waals surface area contributed by atoms with E-state index < -0.39 is 0 Å². The van der Waals surface area contributed by atoms with Gasteiger partial charge >= 0.3 is 0 Å². The molecule has 1 aliphatic heterocycles. The largest absolute Gasteiger partial charge is 0.356 e. The Morgan fingerprint density at radius 3 is 2.44 bits per heavy atom. The average molecular weight is 352 g/mol. The molecule has 1 heterocycles. The van der Waals surface area contributed by atoms with Gasteiger partial charge in [-0.1, -0.05) is 26.2 Å². The fraction of sp³-hybridized carbons (Fsp3) is 0.895. The highest BCUT2D eigenvalue weighted by Crippen LogP contribution is 2.26. The van der Waals surface area contributed by atoms with Crippen molar-refractivity contribution in [3.8, 4) is 0 Å². The van der Waals surface area contributed by atoms with Crippen LogP contribution in [0.2, 0.25) is 0 Å². The standard InChI is InChI=1S/C19H37N5O/c1-4-5-12-20-19(21-15-18(25)23(2)3)22-16-10-13-24(14-11-16)17-8-6-7-9-17/h16-17H,4-15H2,1-3H3,(H2,20,21,22). The molecule has 2 N–H and O–H groups in total. The smallest absolute Gasteiger partial charge is 0.243 e. The molecule has 6 nitrogen and oxygen atoms in total. The average Bonchev–Trinajstić information content (AvgIpc) is 3.14. The van der Waals surface area contributed by atoms with E-state index in [2.05, 4.69) is 27.4 Å². The van der Waals surface area contributed by atoms with Gasteiger partial charge in [-0.25, -0.2) is 4.99 Å². The number of carbonyl (C=O) groups is 1. The second-order valence-electron chi connectivity index (χ2n) is 7.63. The first-order valence-electron chi connectivity index (χ1n) is 10.1. The maximum Gasteiger partial charge on any atom is 0.243 e. The molecule has 0 radical (unpaired) electrons. The lowest BCUT2D eigenvalue weighted by molar-refractivity contribution is -0.127. The van der Waals surface area contributed by atoms with E-state index in [9.17, 15) is 4.79 Å². The van der Waals surface area contributed by atoms with Gasteiger partial charge in [0, 0.05) is 45.8 Å². The van der Waals surface area contributed by atoms with Crippen molar-refractivity contribution in [2.24, 2.45) is 4.99 Å². The van der Waals surface area contributed by atoms with Gasteiger partial charge in [-0.15, -0.1) is 0 Å². The summed E-state index contributed by atoms with van der Waals surface area (Å²) < 4.78 is 0. The van der Waals surface area contributed by atoms with Crippen molar-refractivity contribution in [1.82, 2.24) is 20.4 Å². The van der Waals surface area contributed by atoms with Gasteiger partial charge in [-0.3, -0.25) is 4.79 Å². The second-order valence-corrected chi connectivity index (χ2v) is 7.63. The summed E-state index contributed by atoms with van der Waals surface area (Å²) in [6, 6.07) is 1.29. The molecule has 25 heavy (non-hydrogen) atoms. The lowest BCUT2D eigenvalue weighted by Gasteiger charge is -2.36. The minimum atomic E-state index is 0.0349. The van der Waals surface area contributed by atoms with Crippen LogP contribution in [0.15, 0.2) is 4.99 Å². The number of hydrogen-bond acceptors (Lipinski definition) is 3. The molecule has 144 valence electrons. The van der Waals surface area contributed by atoms with Crippen LogP contribution in [0.4, 0.5) is 0 Å². The molecule has 1 aliphatic carbocycles. The van der Waals surface area contributed by atoms with Crippen LogP contribution in [0.25, 0.3) is 0 Å². The van der Waals surface area contributed by atoms with E-state index >= 15 is 0 Å². The first-order valence-corrected chi connectivity index (χ1v) is 10.1. The van der Waals surface area contributed by atoms with Gasteiger partial charge < -0.3 is 20.4 Å². The predicted molar refractivity (Wildman–Crippen MR) is 104 cm³/mol. The summed E-state index contributed by atoms with van der Waals surface area (Å²) in [4.78, 5) is 20.6. The fourth-order valence-electron chi connectivity index (χ4n) is 3.70. The number of aliphatic imine (C=N–C) groups is 1. The van der Waals surface area contributed by atoms with Crippen LogP contribution in [0.1, 0.15) is 58.3 Å². The molecule has 0 bridgehead atoms. The molecule has 1 saturated carbocycles. The van der Waals surface area contributed by atoms with Crippen molar-refractivity contribution < 1.29 is 4.79 Å². The first kappa shape index (κ1) is 20.0. The summed E-state index contributed by atoms with van der Waals surface area (Å²) in [5.41, 5.74) is 0. The van der Waals surface area contributed by atoms with E-state index in [-0.39, 0.29) is 12.5 Å². The van der Waals surface area contributed by atoms with Crippen LogP contribution in [0, 0.1) is 0 Å². The van der Waals surface area contributed by atoms with Crippen LogP contribution >= 0.6 is 0 Å². The van der Waals surface area contributed by atoms with Crippen LogP contribution < -0.4 is 10.6 Å². The quantitative estimate of drug-likeness (QED) is 0.417. The number of hydrogen-bond donors (Lipinski definition) is 2. The molecule has 1 amide bonds. The van der Waals surface area contributed by atoms with Crippen LogP contribution in [-0.4, -0.2) is 74.0 Å². The zero-order valence-electron chi connectivity index (χ0n) is 16.4. The highest BCUT2D eigenvalue weighted by Gasteiger charge is 2.27. The van der Waals surface area contributed by atoms with Crippen molar-refractivity contribution in [1.29, 1.82) is 0 Å². The Balaban J connectivity index is 1.81.